The predicted molar refractivity (Wildman–Crippen MR) is 110 cm³/mol. The topological polar surface area (TPSA) is 85.1 Å². The van der Waals surface area contributed by atoms with Crippen molar-refractivity contribution in [1.82, 2.24) is 4.90 Å². The standard InChI is InChI=1S/C21H25N3O5/c1-3-29-18-7-4-16(5-8-18)15-22(2)21(25)19-14-17(24(26)27)6-9-20(19)23-10-12-28-13-11-23/h4-9,14H,3,10-13,15H2,1-2H3. The highest BCUT2D eigenvalue weighted by molar-refractivity contribution is 6.00. The number of nitro groups is 1. The molecule has 8 nitrogen and oxygen atoms in total. The summed E-state index contributed by atoms with van der Waals surface area (Å²) in [6.07, 6.45) is 0. The van der Waals surface area contributed by atoms with Crippen molar-refractivity contribution >= 4 is 17.3 Å². The Morgan fingerprint density at radius 3 is 2.52 bits per heavy atom. The Bertz CT molecular complexity index is 863. The van der Waals surface area contributed by atoms with E-state index < -0.39 is 4.92 Å². The number of carbonyl (C=O) groups is 1. The second-order valence-corrected chi connectivity index (χ2v) is 6.80. The molecule has 1 fully saturated rings. The van der Waals surface area contributed by atoms with Crippen LogP contribution in [-0.4, -0.2) is 55.7 Å². The van der Waals surface area contributed by atoms with E-state index in [0.29, 0.717) is 50.7 Å². The van der Waals surface area contributed by atoms with Gasteiger partial charge in [-0.25, -0.2) is 0 Å². The van der Waals surface area contributed by atoms with Gasteiger partial charge in [0.2, 0.25) is 0 Å². The average molecular weight is 399 g/mol. The third kappa shape index (κ3) is 5.03. The van der Waals surface area contributed by atoms with Crippen molar-refractivity contribution in [3.05, 3.63) is 63.7 Å². The number of non-ortho nitro benzene ring substituents is 1. The lowest BCUT2D eigenvalue weighted by Gasteiger charge is -2.31. The van der Waals surface area contributed by atoms with E-state index in [1.807, 2.05) is 36.1 Å². The molecule has 0 aromatic heterocycles. The van der Waals surface area contributed by atoms with Crippen molar-refractivity contribution in [1.29, 1.82) is 0 Å². The van der Waals surface area contributed by atoms with Gasteiger partial charge >= 0.3 is 0 Å². The number of rotatable bonds is 7. The van der Waals surface area contributed by atoms with Gasteiger partial charge in [0.1, 0.15) is 5.75 Å². The lowest BCUT2D eigenvalue weighted by molar-refractivity contribution is -0.384. The van der Waals surface area contributed by atoms with E-state index in [0.717, 1.165) is 11.3 Å². The third-order valence-electron chi connectivity index (χ3n) is 4.77. The van der Waals surface area contributed by atoms with Crippen molar-refractivity contribution in [2.24, 2.45) is 0 Å². The molecule has 29 heavy (non-hydrogen) atoms. The molecule has 154 valence electrons. The number of nitro benzene ring substituents is 1. The molecule has 2 aromatic rings. The maximum atomic E-state index is 13.2. The summed E-state index contributed by atoms with van der Waals surface area (Å²) in [6, 6.07) is 12.0. The molecule has 1 heterocycles. The van der Waals surface area contributed by atoms with Gasteiger partial charge in [0, 0.05) is 38.8 Å². The summed E-state index contributed by atoms with van der Waals surface area (Å²) in [5, 5.41) is 11.2. The van der Waals surface area contributed by atoms with Gasteiger partial charge in [0.15, 0.2) is 0 Å². The number of ether oxygens (including phenoxy) is 2. The number of carbonyl (C=O) groups excluding carboxylic acids is 1. The Hall–Kier alpha value is -3.13. The van der Waals surface area contributed by atoms with Crippen LogP contribution in [0.25, 0.3) is 0 Å². The van der Waals surface area contributed by atoms with E-state index in [2.05, 4.69) is 0 Å². The fourth-order valence-corrected chi connectivity index (χ4v) is 3.30. The highest BCUT2D eigenvalue weighted by Gasteiger charge is 2.24. The van der Waals surface area contributed by atoms with Crippen LogP contribution < -0.4 is 9.64 Å². The fraction of sp³-hybridized carbons (Fsp3) is 0.381. The van der Waals surface area contributed by atoms with Crippen LogP contribution in [0.1, 0.15) is 22.8 Å². The first kappa shape index (κ1) is 20.6. The molecule has 0 unspecified atom stereocenters. The zero-order chi connectivity index (χ0) is 20.8. The third-order valence-corrected chi connectivity index (χ3v) is 4.77. The minimum atomic E-state index is -0.480. The van der Waals surface area contributed by atoms with Gasteiger partial charge in [0.05, 0.1) is 36.0 Å². The van der Waals surface area contributed by atoms with E-state index in [1.165, 1.54) is 12.1 Å². The summed E-state index contributed by atoms with van der Waals surface area (Å²) in [6.45, 7) is 5.30. The molecule has 1 saturated heterocycles. The van der Waals surface area contributed by atoms with Crippen LogP contribution in [0, 0.1) is 10.1 Å². The molecule has 0 bridgehead atoms. The first-order chi connectivity index (χ1) is 14.0. The zero-order valence-corrected chi connectivity index (χ0v) is 16.7. The molecule has 0 atom stereocenters. The summed E-state index contributed by atoms with van der Waals surface area (Å²) in [5.74, 6) is 0.516. The maximum absolute atomic E-state index is 13.2. The quantitative estimate of drug-likeness (QED) is 0.525. The van der Waals surface area contributed by atoms with Gasteiger partial charge in [0.25, 0.3) is 11.6 Å². The Morgan fingerprint density at radius 1 is 1.21 bits per heavy atom. The van der Waals surface area contributed by atoms with Crippen molar-refractivity contribution in [2.75, 3.05) is 44.9 Å². The predicted octanol–water partition coefficient (Wildman–Crippen LogP) is 3.10. The van der Waals surface area contributed by atoms with E-state index >= 15 is 0 Å². The Balaban J connectivity index is 1.83. The molecule has 1 amide bonds. The molecule has 8 heteroatoms. The van der Waals surface area contributed by atoms with Crippen molar-refractivity contribution in [2.45, 2.75) is 13.5 Å². The molecule has 0 radical (unpaired) electrons. The van der Waals surface area contributed by atoms with Gasteiger partial charge in [-0.05, 0) is 30.7 Å². The smallest absolute Gasteiger partial charge is 0.270 e. The van der Waals surface area contributed by atoms with Crippen LogP contribution in [0.15, 0.2) is 42.5 Å². The highest BCUT2D eigenvalue weighted by atomic mass is 16.6. The van der Waals surface area contributed by atoms with Gasteiger partial charge in [-0.15, -0.1) is 0 Å². The molecule has 1 aliphatic rings. The number of benzene rings is 2. The molecule has 3 rings (SSSR count). The van der Waals surface area contributed by atoms with Gasteiger partial charge in [-0.2, -0.15) is 0 Å². The van der Waals surface area contributed by atoms with Gasteiger partial charge in [-0.3, -0.25) is 14.9 Å². The summed E-state index contributed by atoms with van der Waals surface area (Å²) in [4.78, 5) is 27.5. The second kappa shape index (κ2) is 9.38. The van der Waals surface area contributed by atoms with Crippen LogP contribution in [-0.2, 0) is 11.3 Å². The highest BCUT2D eigenvalue weighted by Crippen LogP contribution is 2.28. The maximum Gasteiger partial charge on any atom is 0.270 e. The van der Waals surface area contributed by atoms with Crippen LogP contribution in [0.4, 0.5) is 11.4 Å². The van der Waals surface area contributed by atoms with Crippen LogP contribution >= 0.6 is 0 Å². The van der Waals surface area contributed by atoms with Crippen molar-refractivity contribution in [3.63, 3.8) is 0 Å². The van der Waals surface area contributed by atoms with Crippen molar-refractivity contribution in [3.8, 4) is 5.75 Å². The minimum Gasteiger partial charge on any atom is -0.494 e. The molecule has 0 N–H and O–H groups in total. The van der Waals surface area contributed by atoms with Crippen LogP contribution in [0.2, 0.25) is 0 Å². The summed E-state index contributed by atoms with van der Waals surface area (Å²) < 4.78 is 10.8. The SMILES string of the molecule is CCOc1ccc(CN(C)C(=O)c2cc([N+](=O)[O-])ccc2N2CCOCC2)cc1. The number of morpholine rings is 1. The Labute approximate surface area is 169 Å². The molecule has 0 aliphatic carbocycles. The number of amides is 1. The van der Waals surface area contributed by atoms with Crippen LogP contribution in [0.5, 0.6) is 5.75 Å². The lowest BCUT2D eigenvalue weighted by atomic mass is 10.1. The largest absolute Gasteiger partial charge is 0.494 e. The number of anilines is 1. The number of hydrogen-bond donors (Lipinski definition) is 0. The van der Waals surface area contributed by atoms with E-state index in [1.54, 1.807) is 18.0 Å². The fourth-order valence-electron chi connectivity index (χ4n) is 3.30. The Morgan fingerprint density at radius 2 is 1.90 bits per heavy atom. The molecular weight excluding hydrogens is 374 g/mol. The van der Waals surface area contributed by atoms with E-state index in [-0.39, 0.29) is 11.6 Å². The molecular formula is C21H25N3O5. The average Bonchev–Trinajstić information content (AvgIpc) is 2.75. The second-order valence-electron chi connectivity index (χ2n) is 6.80. The number of hydrogen-bond acceptors (Lipinski definition) is 6. The summed E-state index contributed by atoms with van der Waals surface area (Å²) in [5.41, 5.74) is 1.87. The van der Waals surface area contributed by atoms with E-state index in [4.69, 9.17) is 9.47 Å². The first-order valence-corrected chi connectivity index (χ1v) is 9.58. The Kier molecular flexibility index (Phi) is 6.66. The first-order valence-electron chi connectivity index (χ1n) is 9.58. The number of nitrogens with zero attached hydrogens (tertiary/aromatic N) is 3. The lowest BCUT2D eigenvalue weighted by Crippen LogP contribution is -2.38. The summed E-state index contributed by atoms with van der Waals surface area (Å²) >= 11 is 0. The van der Waals surface area contributed by atoms with E-state index in [9.17, 15) is 14.9 Å². The summed E-state index contributed by atoms with van der Waals surface area (Å²) in [7, 11) is 1.70. The minimum absolute atomic E-state index is 0.0974. The zero-order valence-electron chi connectivity index (χ0n) is 16.7. The van der Waals surface area contributed by atoms with Gasteiger partial charge in [-0.1, -0.05) is 12.1 Å². The molecule has 2 aromatic carbocycles. The van der Waals surface area contributed by atoms with Gasteiger partial charge < -0.3 is 19.3 Å². The van der Waals surface area contributed by atoms with Crippen molar-refractivity contribution < 1.29 is 19.2 Å². The molecule has 1 aliphatic heterocycles. The van der Waals surface area contributed by atoms with Crippen LogP contribution in [0.3, 0.4) is 0 Å². The molecule has 0 spiro atoms. The normalized spacial score (nSPS) is 13.8. The monoisotopic (exact) mass is 399 g/mol. The molecule has 0 saturated carbocycles.